The molecule has 0 N–H and O–H groups in total. The maximum Gasteiger partial charge on any atom is 0.344 e. The van der Waals surface area contributed by atoms with E-state index in [1.807, 2.05) is 31.2 Å². The molecule has 1 aromatic carbocycles. The van der Waals surface area contributed by atoms with E-state index in [0.717, 1.165) is 31.2 Å². The molecule has 1 aliphatic carbocycles. The van der Waals surface area contributed by atoms with Crippen LogP contribution in [-0.2, 0) is 14.3 Å². The van der Waals surface area contributed by atoms with E-state index in [1.165, 1.54) is 6.42 Å². The van der Waals surface area contributed by atoms with Crippen LogP contribution in [0.1, 0.15) is 51.5 Å². The lowest BCUT2D eigenvalue weighted by Crippen LogP contribution is -2.44. The topological polar surface area (TPSA) is 65.1 Å². The number of hydrogen-bond acceptors (Lipinski definition) is 5. The Kier molecular flexibility index (Phi) is 8.36. The Bertz CT molecular complexity index is 694. The Morgan fingerprint density at radius 2 is 1.93 bits per heavy atom. The van der Waals surface area contributed by atoms with Crippen LogP contribution >= 0.6 is 0 Å². The molecule has 6 heteroatoms. The van der Waals surface area contributed by atoms with Gasteiger partial charge in [0.1, 0.15) is 0 Å². The first-order chi connectivity index (χ1) is 13.5. The molecule has 0 heterocycles. The lowest BCUT2D eigenvalue weighted by molar-refractivity contribution is -0.161. The maximum absolute atomic E-state index is 12.5. The number of carbonyl (C=O) groups excluding carboxylic acids is 2. The van der Waals surface area contributed by atoms with Gasteiger partial charge in [0.15, 0.2) is 24.2 Å². The molecule has 0 radical (unpaired) electrons. The van der Waals surface area contributed by atoms with Crippen LogP contribution in [-0.4, -0.2) is 49.7 Å². The van der Waals surface area contributed by atoms with Gasteiger partial charge in [-0.1, -0.05) is 37.5 Å². The van der Waals surface area contributed by atoms with Crippen LogP contribution in [0.15, 0.2) is 24.3 Å². The summed E-state index contributed by atoms with van der Waals surface area (Å²) < 4.78 is 16.1. The predicted molar refractivity (Wildman–Crippen MR) is 108 cm³/mol. The van der Waals surface area contributed by atoms with E-state index >= 15 is 0 Å². The molecular formula is C22H31NO5. The molecule has 28 heavy (non-hydrogen) atoms. The average molecular weight is 389 g/mol. The van der Waals surface area contributed by atoms with Gasteiger partial charge in [-0.15, -0.1) is 0 Å². The molecule has 1 atom stereocenters. The second-order valence-corrected chi connectivity index (χ2v) is 7.07. The molecule has 0 spiro atoms. The lowest BCUT2D eigenvalue weighted by atomic mass is 9.94. The summed E-state index contributed by atoms with van der Waals surface area (Å²) in [5.41, 5.74) is 0.972. The van der Waals surface area contributed by atoms with Crippen molar-refractivity contribution in [1.82, 2.24) is 4.90 Å². The normalized spacial score (nSPS) is 15.9. The van der Waals surface area contributed by atoms with Gasteiger partial charge in [-0.25, -0.2) is 4.79 Å². The molecule has 1 aliphatic rings. The van der Waals surface area contributed by atoms with Gasteiger partial charge in [0.05, 0.1) is 7.11 Å². The molecule has 0 bridgehead atoms. The summed E-state index contributed by atoms with van der Waals surface area (Å²) in [7, 11) is 3.33. The highest BCUT2D eigenvalue weighted by Crippen LogP contribution is 2.28. The molecular weight excluding hydrogens is 358 g/mol. The number of nitrogens with zero attached hydrogens (tertiary/aromatic N) is 1. The Morgan fingerprint density at radius 3 is 2.57 bits per heavy atom. The average Bonchev–Trinajstić information content (AvgIpc) is 2.72. The summed E-state index contributed by atoms with van der Waals surface area (Å²) in [6.07, 6.45) is 8.55. The Hall–Kier alpha value is -2.50. The fourth-order valence-corrected chi connectivity index (χ4v) is 3.45. The second-order valence-electron chi connectivity index (χ2n) is 7.07. The molecule has 0 unspecified atom stereocenters. The third kappa shape index (κ3) is 6.01. The number of likely N-dealkylation sites (N-methyl/N-ethyl adjacent to an activating group) is 1. The van der Waals surface area contributed by atoms with Crippen molar-refractivity contribution in [2.75, 3.05) is 20.8 Å². The molecule has 0 aliphatic heterocycles. The van der Waals surface area contributed by atoms with Crippen molar-refractivity contribution in [1.29, 1.82) is 0 Å². The van der Waals surface area contributed by atoms with Gasteiger partial charge in [-0.05, 0) is 44.4 Å². The predicted octanol–water partition coefficient (Wildman–Crippen LogP) is 3.83. The smallest absolute Gasteiger partial charge is 0.344 e. The van der Waals surface area contributed by atoms with Crippen molar-refractivity contribution >= 4 is 18.0 Å². The number of methoxy groups -OCH3 is 1. The third-order valence-corrected chi connectivity index (χ3v) is 5.02. The van der Waals surface area contributed by atoms with Crippen LogP contribution in [0.3, 0.4) is 0 Å². The molecule has 1 aromatic rings. The monoisotopic (exact) mass is 389 g/mol. The Morgan fingerprint density at radius 1 is 1.21 bits per heavy atom. The van der Waals surface area contributed by atoms with Crippen LogP contribution in [0, 0.1) is 0 Å². The van der Waals surface area contributed by atoms with Crippen molar-refractivity contribution in [3.05, 3.63) is 29.8 Å². The number of allylic oxidation sites excluding steroid dienone is 1. The van der Waals surface area contributed by atoms with E-state index in [2.05, 4.69) is 0 Å². The molecule has 1 fully saturated rings. The third-order valence-electron chi connectivity index (χ3n) is 5.02. The zero-order valence-electron chi connectivity index (χ0n) is 17.3. The lowest BCUT2D eigenvalue weighted by Gasteiger charge is -2.32. The summed E-state index contributed by atoms with van der Waals surface area (Å²) in [4.78, 5) is 26.4. The van der Waals surface area contributed by atoms with Crippen LogP contribution in [0.25, 0.3) is 6.08 Å². The highest BCUT2D eigenvalue weighted by molar-refractivity contribution is 5.83. The first-order valence-corrected chi connectivity index (χ1v) is 9.86. The SMILES string of the molecule is C/C=C/c1ccc(OCC(=O)O[C@H](C)C(=O)N(C)C2CCCCC2)c(OC)c1. The molecule has 6 nitrogen and oxygen atoms in total. The van der Waals surface area contributed by atoms with Gasteiger partial charge < -0.3 is 19.1 Å². The molecule has 1 amide bonds. The number of ether oxygens (including phenoxy) is 3. The number of esters is 1. The number of benzene rings is 1. The quantitative estimate of drug-likeness (QED) is 0.632. The van der Waals surface area contributed by atoms with Crippen molar-refractivity contribution in [3.63, 3.8) is 0 Å². The Balaban J connectivity index is 1.86. The van der Waals surface area contributed by atoms with Gasteiger partial charge in [0.25, 0.3) is 5.91 Å². The van der Waals surface area contributed by atoms with E-state index in [1.54, 1.807) is 32.0 Å². The highest BCUT2D eigenvalue weighted by atomic mass is 16.6. The highest BCUT2D eigenvalue weighted by Gasteiger charge is 2.27. The fraction of sp³-hybridized carbons (Fsp3) is 0.545. The Labute approximate surface area is 167 Å². The molecule has 0 saturated heterocycles. The van der Waals surface area contributed by atoms with E-state index in [0.29, 0.717) is 11.5 Å². The number of carbonyl (C=O) groups is 2. The number of hydrogen-bond donors (Lipinski definition) is 0. The second kappa shape index (κ2) is 10.7. The minimum Gasteiger partial charge on any atom is -0.493 e. The van der Waals surface area contributed by atoms with Gasteiger partial charge in [-0.3, -0.25) is 4.79 Å². The van der Waals surface area contributed by atoms with Crippen LogP contribution in [0.4, 0.5) is 0 Å². The summed E-state index contributed by atoms with van der Waals surface area (Å²) in [5, 5.41) is 0. The van der Waals surface area contributed by atoms with E-state index in [4.69, 9.17) is 14.2 Å². The largest absolute Gasteiger partial charge is 0.493 e. The van der Waals surface area contributed by atoms with Crippen molar-refractivity contribution < 1.29 is 23.8 Å². The van der Waals surface area contributed by atoms with Crippen LogP contribution in [0.5, 0.6) is 11.5 Å². The van der Waals surface area contributed by atoms with E-state index in [-0.39, 0.29) is 18.6 Å². The zero-order chi connectivity index (χ0) is 20.5. The molecule has 0 aromatic heterocycles. The first kappa shape index (κ1) is 21.8. The number of amides is 1. The van der Waals surface area contributed by atoms with E-state index < -0.39 is 12.1 Å². The summed E-state index contributed by atoms with van der Waals surface area (Å²) in [6, 6.07) is 5.67. The van der Waals surface area contributed by atoms with Gasteiger partial charge >= 0.3 is 5.97 Å². The zero-order valence-corrected chi connectivity index (χ0v) is 17.3. The van der Waals surface area contributed by atoms with Crippen molar-refractivity contribution in [3.8, 4) is 11.5 Å². The van der Waals surface area contributed by atoms with Gasteiger partial charge in [0, 0.05) is 13.1 Å². The minimum absolute atomic E-state index is 0.173. The minimum atomic E-state index is -0.831. The molecule has 2 rings (SSSR count). The van der Waals surface area contributed by atoms with Gasteiger partial charge in [0.2, 0.25) is 0 Å². The van der Waals surface area contributed by atoms with Gasteiger partial charge in [-0.2, -0.15) is 0 Å². The van der Waals surface area contributed by atoms with Crippen LogP contribution in [0.2, 0.25) is 0 Å². The standard InChI is InChI=1S/C22H31NO5/c1-5-9-17-12-13-19(20(14-17)26-4)27-15-21(24)28-16(2)22(25)23(3)18-10-7-6-8-11-18/h5,9,12-14,16,18H,6-8,10-11,15H2,1-4H3/b9-5+/t16-/m1/s1. The fourth-order valence-electron chi connectivity index (χ4n) is 3.45. The van der Waals surface area contributed by atoms with Crippen LogP contribution < -0.4 is 9.47 Å². The summed E-state index contributed by atoms with van der Waals surface area (Å²) >= 11 is 0. The molecule has 154 valence electrons. The molecule has 1 saturated carbocycles. The first-order valence-electron chi connectivity index (χ1n) is 9.86. The maximum atomic E-state index is 12.5. The van der Waals surface area contributed by atoms with Crippen molar-refractivity contribution in [2.45, 2.75) is 58.1 Å². The summed E-state index contributed by atoms with van der Waals surface area (Å²) in [5.74, 6) is 0.224. The number of rotatable bonds is 8. The van der Waals surface area contributed by atoms with Crippen molar-refractivity contribution in [2.24, 2.45) is 0 Å². The van der Waals surface area contributed by atoms with E-state index in [9.17, 15) is 9.59 Å². The summed E-state index contributed by atoms with van der Waals surface area (Å²) in [6.45, 7) is 3.25.